The lowest BCUT2D eigenvalue weighted by Gasteiger charge is -2.20. The predicted molar refractivity (Wildman–Crippen MR) is 85.4 cm³/mol. The summed E-state index contributed by atoms with van der Waals surface area (Å²) >= 11 is 2.31. The Balaban J connectivity index is 1.91. The molecule has 0 saturated carbocycles. The van der Waals surface area contributed by atoms with E-state index in [4.69, 9.17) is 10.5 Å². The van der Waals surface area contributed by atoms with Gasteiger partial charge in [0.15, 0.2) is 0 Å². The highest BCUT2D eigenvalue weighted by Gasteiger charge is 2.14. The standard InChI is InChI=1S/C16H16INO/c17-14-6-3-11(4-7-14)16(18)13-5-8-15-12(10-13)2-1-9-19-15/h3-8,10,16H,1-2,9,18H2. The molecule has 1 atom stereocenters. The Morgan fingerprint density at radius 3 is 2.58 bits per heavy atom. The van der Waals surface area contributed by atoms with E-state index in [2.05, 4.69) is 65.1 Å². The van der Waals surface area contributed by atoms with Gasteiger partial charge in [-0.25, -0.2) is 0 Å². The molecule has 1 aliphatic heterocycles. The number of fused-ring (bicyclic) bond motifs is 1. The van der Waals surface area contributed by atoms with E-state index in [-0.39, 0.29) is 6.04 Å². The van der Waals surface area contributed by atoms with Gasteiger partial charge in [-0.05, 0) is 70.3 Å². The number of aryl methyl sites for hydroxylation is 1. The van der Waals surface area contributed by atoms with Crippen LogP contribution in [0.1, 0.15) is 29.2 Å². The van der Waals surface area contributed by atoms with Gasteiger partial charge in [0.25, 0.3) is 0 Å². The average Bonchev–Trinajstić information content (AvgIpc) is 2.47. The number of hydrogen-bond donors (Lipinski definition) is 1. The molecule has 1 unspecified atom stereocenters. The molecule has 0 saturated heterocycles. The highest BCUT2D eigenvalue weighted by Crippen LogP contribution is 2.29. The molecule has 3 heteroatoms. The van der Waals surface area contributed by atoms with Crippen molar-refractivity contribution in [2.45, 2.75) is 18.9 Å². The molecule has 0 amide bonds. The molecule has 2 aromatic carbocycles. The highest BCUT2D eigenvalue weighted by molar-refractivity contribution is 14.1. The molecular formula is C16H16INO. The van der Waals surface area contributed by atoms with Crippen LogP contribution in [0.25, 0.3) is 0 Å². The van der Waals surface area contributed by atoms with Crippen LogP contribution >= 0.6 is 22.6 Å². The van der Waals surface area contributed by atoms with Crippen LogP contribution in [0, 0.1) is 3.57 Å². The summed E-state index contributed by atoms with van der Waals surface area (Å²) < 4.78 is 6.87. The van der Waals surface area contributed by atoms with E-state index in [9.17, 15) is 0 Å². The van der Waals surface area contributed by atoms with Crippen LogP contribution < -0.4 is 10.5 Å². The van der Waals surface area contributed by atoms with Crippen molar-refractivity contribution in [1.29, 1.82) is 0 Å². The van der Waals surface area contributed by atoms with Crippen LogP contribution in [-0.4, -0.2) is 6.61 Å². The van der Waals surface area contributed by atoms with E-state index in [1.807, 2.05) is 0 Å². The van der Waals surface area contributed by atoms with E-state index in [0.717, 1.165) is 36.3 Å². The largest absolute Gasteiger partial charge is 0.493 e. The Labute approximate surface area is 127 Å². The summed E-state index contributed by atoms with van der Waals surface area (Å²) in [5, 5.41) is 0. The third-order valence-electron chi connectivity index (χ3n) is 3.52. The Morgan fingerprint density at radius 1 is 1.05 bits per heavy atom. The van der Waals surface area contributed by atoms with Crippen LogP contribution in [0.4, 0.5) is 0 Å². The predicted octanol–water partition coefficient (Wildman–Crippen LogP) is 3.66. The van der Waals surface area contributed by atoms with Gasteiger partial charge in [-0.15, -0.1) is 0 Å². The van der Waals surface area contributed by atoms with Crippen molar-refractivity contribution in [2.75, 3.05) is 6.61 Å². The molecular weight excluding hydrogens is 349 g/mol. The molecule has 0 aliphatic carbocycles. The van der Waals surface area contributed by atoms with Crippen molar-refractivity contribution in [3.63, 3.8) is 0 Å². The van der Waals surface area contributed by atoms with Crippen LogP contribution in [0.5, 0.6) is 5.75 Å². The van der Waals surface area contributed by atoms with Gasteiger partial charge < -0.3 is 10.5 Å². The van der Waals surface area contributed by atoms with Crippen LogP contribution in [0.3, 0.4) is 0 Å². The number of benzene rings is 2. The first-order chi connectivity index (χ1) is 9.24. The minimum absolute atomic E-state index is 0.0655. The zero-order valence-electron chi connectivity index (χ0n) is 10.6. The molecule has 2 nitrogen and oxygen atoms in total. The van der Waals surface area contributed by atoms with Gasteiger partial charge in [0.05, 0.1) is 12.6 Å². The van der Waals surface area contributed by atoms with Crippen molar-refractivity contribution >= 4 is 22.6 Å². The fourth-order valence-corrected chi connectivity index (χ4v) is 2.80. The Bertz CT molecular complexity index is 580. The quantitative estimate of drug-likeness (QED) is 0.825. The van der Waals surface area contributed by atoms with Gasteiger partial charge >= 0.3 is 0 Å². The van der Waals surface area contributed by atoms with Crippen LogP contribution in [-0.2, 0) is 6.42 Å². The molecule has 2 N–H and O–H groups in total. The molecule has 0 bridgehead atoms. The van der Waals surface area contributed by atoms with Crippen molar-refractivity contribution in [3.8, 4) is 5.75 Å². The zero-order valence-corrected chi connectivity index (χ0v) is 12.8. The second kappa shape index (κ2) is 5.51. The summed E-state index contributed by atoms with van der Waals surface area (Å²) in [6.07, 6.45) is 2.18. The molecule has 1 heterocycles. The maximum atomic E-state index is 6.36. The van der Waals surface area contributed by atoms with E-state index < -0.39 is 0 Å². The van der Waals surface area contributed by atoms with Crippen molar-refractivity contribution in [2.24, 2.45) is 5.73 Å². The number of hydrogen-bond acceptors (Lipinski definition) is 2. The summed E-state index contributed by atoms with van der Waals surface area (Å²) in [5.74, 6) is 1.02. The number of ether oxygens (including phenoxy) is 1. The van der Waals surface area contributed by atoms with Gasteiger partial charge in [-0.3, -0.25) is 0 Å². The number of rotatable bonds is 2. The molecule has 19 heavy (non-hydrogen) atoms. The van der Waals surface area contributed by atoms with Gasteiger partial charge in [0, 0.05) is 3.57 Å². The molecule has 3 rings (SSSR count). The molecule has 0 spiro atoms. The van der Waals surface area contributed by atoms with E-state index in [0.29, 0.717) is 0 Å². The fraction of sp³-hybridized carbons (Fsp3) is 0.250. The van der Waals surface area contributed by atoms with Gasteiger partial charge in [0.1, 0.15) is 5.75 Å². The van der Waals surface area contributed by atoms with E-state index in [1.165, 1.54) is 9.13 Å². The fourth-order valence-electron chi connectivity index (χ4n) is 2.44. The molecule has 2 aromatic rings. The lowest BCUT2D eigenvalue weighted by molar-refractivity contribution is 0.288. The number of halogens is 1. The molecule has 0 aromatic heterocycles. The second-order valence-electron chi connectivity index (χ2n) is 4.85. The third kappa shape index (κ3) is 2.77. The summed E-state index contributed by atoms with van der Waals surface area (Å²) in [6.45, 7) is 0.829. The smallest absolute Gasteiger partial charge is 0.122 e. The summed E-state index contributed by atoms with van der Waals surface area (Å²) in [6, 6.07) is 14.6. The summed E-state index contributed by atoms with van der Waals surface area (Å²) in [7, 11) is 0. The van der Waals surface area contributed by atoms with Gasteiger partial charge in [-0.2, -0.15) is 0 Å². The molecule has 0 fully saturated rings. The monoisotopic (exact) mass is 365 g/mol. The lowest BCUT2D eigenvalue weighted by Crippen LogP contribution is -2.14. The average molecular weight is 365 g/mol. The first-order valence-corrected chi connectivity index (χ1v) is 7.58. The Hall–Kier alpha value is -1.07. The minimum atomic E-state index is -0.0655. The molecule has 0 radical (unpaired) electrons. The lowest BCUT2D eigenvalue weighted by atomic mass is 9.95. The topological polar surface area (TPSA) is 35.2 Å². The third-order valence-corrected chi connectivity index (χ3v) is 4.24. The van der Waals surface area contributed by atoms with E-state index in [1.54, 1.807) is 0 Å². The van der Waals surface area contributed by atoms with Crippen molar-refractivity contribution in [3.05, 3.63) is 62.7 Å². The maximum absolute atomic E-state index is 6.36. The van der Waals surface area contributed by atoms with Crippen molar-refractivity contribution < 1.29 is 4.74 Å². The Morgan fingerprint density at radius 2 is 1.79 bits per heavy atom. The first kappa shape index (κ1) is 12.9. The SMILES string of the molecule is NC(c1ccc(I)cc1)c1ccc2c(c1)CCCO2. The molecule has 98 valence electrons. The molecule has 1 aliphatic rings. The van der Waals surface area contributed by atoms with Gasteiger partial charge in [0.2, 0.25) is 0 Å². The normalized spacial score (nSPS) is 15.5. The first-order valence-electron chi connectivity index (χ1n) is 6.51. The van der Waals surface area contributed by atoms with Crippen LogP contribution in [0.15, 0.2) is 42.5 Å². The highest BCUT2D eigenvalue weighted by atomic mass is 127. The second-order valence-corrected chi connectivity index (χ2v) is 6.09. The van der Waals surface area contributed by atoms with Gasteiger partial charge in [-0.1, -0.05) is 24.3 Å². The van der Waals surface area contributed by atoms with Crippen LogP contribution in [0.2, 0.25) is 0 Å². The van der Waals surface area contributed by atoms with E-state index >= 15 is 0 Å². The Kier molecular flexibility index (Phi) is 3.75. The van der Waals surface area contributed by atoms with Crippen molar-refractivity contribution in [1.82, 2.24) is 0 Å². The number of nitrogens with two attached hydrogens (primary N) is 1. The minimum Gasteiger partial charge on any atom is -0.493 e. The summed E-state index contributed by atoms with van der Waals surface area (Å²) in [4.78, 5) is 0. The zero-order chi connectivity index (χ0) is 13.2. The summed E-state index contributed by atoms with van der Waals surface area (Å²) in [5.41, 5.74) is 9.95. The maximum Gasteiger partial charge on any atom is 0.122 e.